The second-order valence-electron chi connectivity index (χ2n) is 7.50. The van der Waals surface area contributed by atoms with Gasteiger partial charge < -0.3 is 10.1 Å². The molecule has 29 heavy (non-hydrogen) atoms. The van der Waals surface area contributed by atoms with Crippen LogP contribution in [0.15, 0.2) is 41.3 Å². The van der Waals surface area contributed by atoms with Crippen LogP contribution in [0.5, 0.6) is 5.75 Å². The van der Waals surface area contributed by atoms with Crippen LogP contribution in [0.2, 0.25) is 0 Å². The van der Waals surface area contributed by atoms with Gasteiger partial charge in [0.2, 0.25) is 10.0 Å². The highest BCUT2D eigenvalue weighted by molar-refractivity contribution is 7.89. The first-order valence-corrected chi connectivity index (χ1v) is 11.3. The molecule has 156 valence electrons. The zero-order chi connectivity index (χ0) is 21.0. The Balaban J connectivity index is 1.65. The number of benzene rings is 2. The van der Waals surface area contributed by atoms with Gasteiger partial charge in [-0.1, -0.05) is 24.6 Å². The molecular weight excluding hydrogens is 388 g/mol. The van der Waals surface area contributed by atoms with Crippen LogP contribution in [-0.4, -0.2) is 38.3 Å². The number of piperidine rings is 1. The summed E-state index contributed by atoms with van der Waals surface area (Å²) in [5, 5.41) is 2.88. The predicted molar refractivity (Wildman–Crippen MR) is 114 cm³/mol. The third-order valence-electron chi connectivity index (χ3n) is 5.20. The van der Waals surface area contributed by atoms with E-state index < -0.39 is 10.0 Å². The van der Waals surface area contributed by atoms with Gasteiger partial charge in [0.15, 0.2) is 6.61 Å². The molecule has 1 saturated heterocycles. The molecule has 1 heterocycles. The third-order valence-corrected chi connectivity index (χ3v) is 7.10. The quantitative estimate of drug-likeness (QED) is 0.777. The fraction of sp³-hybridized carbons (Fsp3) is 0.409. The molecule has 2 aromatic carbocycles. The molecule has 1 aliphatic rings. The van der Waals surface area contributed by atoms with E-state index in [0.717, 1.165) is 36.1 Å². The van der Waals surface area contributed by atoms with E-state index in [1.807, 2.05) is 32.0 Å². The van der Waals surface area contributed by atoms with E-state index in [2.05, 4.69) is 5.32 Å². The second kappa shape index (κ2) is 8.97. The minimum atomic E-state index is -3.48. The van der Waals surface area contributed by atoms with Crippen molar-refractivity contribution >= 4 is 21.6 Å². The van der Waals surface area contributed by atoms with Crippen LogP contribution in [0.4, 0.5) is 5.69 Å². The number of anilines is 1. The number of para-hydroxylation sites is 1. The Morgan fingerprint density at radius 1 is 1.00 bits per heavy atom. The van der Waals surface area contributed by atoms with Crippen LogP contribution in [0, 0.1) is 20.8 Å². The molecule has 0 bridgehead atoms. The minimum Gasteiger partial charge on any atom is -0.483 e. The maximum absolute atomic E-state index is 12.8. The summed E-state index contributed by atoms with van der Waals surface area (Å²) in [5.41, 5.74) is 3.45. The number of amides is 1. The summed E-state index contributed by atoms with van der Waals surface area (Å²) in [5.74, 6) is 0.242. The van der Waals surface area contributed by atoms with Crippen molar-refractivity contribution in [2.75, 3.05) is 25.0 Å². The second-order valence-corrected chi connectivity index (χ2v) is 9.43. The van der Waals surface area contributed by atoms with Crippen molar-refractivity contribution in [3.8, 4) is 5.75 Å². The molecule has 0 saturated carbocycles. The Morgan fingerprint density at radius 2 is 1.66 bits per heavy atom. The fourth-order valence-corrected chi connectivity index (χ4v) is 5.13. The molecule has 2 aromatic rings. The summed E-state index contributed by atoms with van der Waals surface area (Å²) >= 11 is 0. The number of rotatable bonds is 6. The molecule has 0 radical (unpaired) electrons. The van der Waals surface area contributed by atoms with Crippen molar-refractivity contribution in [1.82, 2.24) is 4.31 Å². The molecule has 1 amide bonds. The lowest BCUT2D eigenvalue weighted by Gasteiger charge is -2.26. The van der Waals surface area contributed by atoms with Crippen molar-refractivity contribution < 1.29 is 17.9 Å². The topological polar surface area (TPSA) is 75.7 Å². The van der Waals surface area contributed by atoms with E-state index in [0.29, 0.717) is 24.4 Å². The molecule has 0 aliphatic carbocycles. The Kier molecular flexibility index (Phi) is 6.59. The smallest absolute Gasteiger partial charge is 0.262 e. The average molecular weight is 417 g/mol. The van der Waals surface area contributed by atoms with Crippen molar-refractivity contribution in [2.24, 2.45) is 0 Å². The molecule has 7 heteroatoms. The van der Waals surface area contributed by atoms with Crippen molar-refractivity contribution in [3.63, 3.8) is 0 Å². The lowest BCUT2D eigenvalue weighted by Crippen LogP contribution is -2.35. The molecule has 1 fully saturated rings. The van der Waals surface area contributed by atoms with Crippen molar-refractivity contribution in [3.05, 3.63) is 53.1 Å². The number of hydrogen-bond donors (Lipinski definition) is 1. The first kappa shape index (κ1) is 21.3. The molecule has 0 aromatic heterocycles. The summed E-state index contributed by atoms with van der Waals surface area (Å²) in [4.78, 5) is 12.6. The predicted octanol–water partition coefficient (Wildman–Crippen LogP) is 3.80. The standard InChI is InChI=1S/C22H28N2O4S/c1-16-8-7-9-17(2)22(16)23-21(25)15-28-20-11-10-19(14-18(20)3)29(26,27)24-12-5-4-6-13-24/h7-11,14H,4-6,12-13,15H2,1-3H3,(H,23,25). The Hall–Kier alpha value is -2.38. The Morgan fingerprint density at radius 3 is 2.28 bits per heavy atom. The van der Waals surface area contributed by atoms with E-state index in [1.165, 1.54) is 0 Å². The molecule has 0 unspecified atom stereocenters. The number of carbonyl (C=O) groups is 1. The number of hydrogen-bond acceptors (Lipinski definition) is 4. The molecular formula is C22H28N2O4S. The first-order chi connectivity index (χ1) is 13.8. The van der Waals surface area contributed by atoms with E-state index in [4.69, 9.17) is 4.74 Å². The Labute approximate surface area is 172 Å². The highest BCUT2D eigenvalue weighted by Gasteiger charge is 2.26. The van der Waals surface area contributed by atoms with Crippen molar-refractivity contribution in [1.29, 1.82) is 0 Å². The highest BCUT2D eigenvalue weighted by Crippen LogP contribution is 2.26. The molecule has 0 atom stereocenters. The van der Waals surface area contributed by atoms with Crippen LogP contribution in [-0.2, 0) is 14.8 Å². The SMILES string of the molecule is Cc1cc(S(=O)(=O)N2CCCCC2)ccc1OCC(=O)Nc1c(C)cccc1C. The number of nitrogens with one attached hydrogen (secondary N) is 1. The van der Waals surface area contributed by atoms with Crippen LogP contribution >= 0.6 is 0 Å². The lowest BCUT2D eigenvalue weighted by molar-refractivity contribution is -0.118. The molecule has 1 N–H and O–H groups in total. The summed E-state index contributed by atoms with van der Waals surface area (Å²) in [6.45, 7) is 6.65. The maximum atomic E-state index is 12.8. The normalized spacial score (nSPS) is 15.1. The van der Waals surface area contributed by atoms with Gasteiger partial charge >= 0.3 is 0 Å². The van der Waals surface area contributed by atoms with Gasteiger partial charge in [0.05, 0.1) is 4.90 Å². The summed E-state index contributed by atoms with van der Waals surface area (Å²) in [7, 11) is -3.48. The lowest BCUT2D eigenvalue weighted by atomic mass is 10.1. The van der Waals surface area contributed by atoms with Gasteiger partial charge in [0.1, 0.15) is 5.75 Å². The van der Waals surface area contributed by atoms with E-state index in [9.17, 15) is 13.2 Å². The van der Waals surface area contributed by atoms with Gasteiger partial charge in [-0.05, 0) is 68.5 Å². The zero-order valence-corrected chi connectivity index (χ0v) is 18.0. The molecule has 3 rings (SSSR count). The van der Waals surface area contributed by atoms with Gasteiger partial charge in [-0.25, -0.2) is 8.42 Å². The monoisotopic (exact) mass is 416 g/mol. The number of nitrogens with zero attached hydrogens (tertiary/aromatic N) is 1. The van der Waals surface area contributed by atoms with Gasteiger partial charge in [-0.2, -0.15) is 4.31 Å². The van der Waals surface area contributed by atoms with E-state index in [1.54, 1.807) is 29.4 Å². The molecule has 0 spiro atoms. The highest BCUT2D eigenvalue weighted by atomic mass is 32.2. The number of sulfonamides is 1. The van der Waals surface area contributed by atoms with Gasteiger partial charge in [-0.3, -0.25) is 4.79 Å². The number of aryl methyl sites for hydroxylation is 3. The first-order valence-electron chi connectivity index (χ1n) is 9.89. The van der Waals surface area contributed by atoms with Gasteiger partial charge in [0, 0.05) is 18.8 Å². The van der Waals surface area contributed by atoms with Crippen LogP contribution in [0.25, 0.3) is 0 Å². The third kappa shape index (κ3) is 4.97. The molecule has 6 nitrogen and oxygen atoms in total. The van der Waals surface area contributed by atoms with Crippen molar-refractivity contribution in [2.45, 2.75) is 44.9 Å². The van der Waals surface area contributed by atoms with Gasteiger partial charge in [-0.15, -0.1) is 0 Å². The molecule has 1 aliphatic heterocycles. The summed E-state index contributed by atoms with van der Waals surface area (Å²) in [6, 6.07) is 10.6. The zero-order valence-electron chi connectivity index (χ0n) is 17.2. The Bertz CT molecular complexity index is 976. The summed E-state index contributed by atoms with van der Waals surface area (Å²) in [6.07, 6.45) is 2.87. The van der Waals surface area contributed by atoms with Crippen LogP contribution in [0.3, 0.4) is 0 Å². The van der Waals surface area contributed by atoms with Gasteiger partial charge in [0.25, 0.3) is 5.91 Å². The summed E-state index contributed by atoms with van der Waals surface area (Å²) < 4.78 is 32.8. The maximum Gasteiger partial charge on any atom is 0.262 e. The largest absolute Gasteiger partial charge is 0.483 e. The van der Waals surface area contributed by atoms with Crippen LogP contribution in [0.1, 0.15) is 36.0 Å². The number of carbonyl (C=O) groups excluding carboxylic acids is 1. The average Bonchev–Trinajstić information content (AvgIpc) is 2.70. The number of ether oxygens (including phenoxy) is 1. The van der Waals surface area contributed by atoms with E-state index in [-0.39, 0.29) is 17.4 Å². The van der Waals surface area contributed by atoms with Crippen LogP contribution < -0.4 is 10.1 Å². The van der Waals surface area contributed by atoms with E-state index >= 15 is 0 Å². The minimum absolute atomic E-state index is 0.146. The fourth-order valence-electron chi connectivity index (χ4n) is 3.53.